The maximum atomic E-state index is 14.3. The van der Waals surface area contributed by atoms with E-state index in [1.807, 2.05) is 0 Å². The molecule has 1 aliphatic heterocycles. The predicted molar refractivity (Wildman–Crippen MR) is 109 cm³/mol. The van der Waals surface area contributed by atoms with Gasteiger partial charge < -0.3 is 4.90 Å². The van der Waals surface area contributed by atoms with Crippen LogP contribution >= 0.6 is 11.8 Å². The largest absolute Gasteiger partial charge is 0.334 e. The zero-order chi connectivity index (χ0) is 21.4. The Balaban J connectivity index is 1.46. The summed E-state index contributed by atoms with van der Waals surface area (Å²) in [6, 6.07) is 6.66. The lowest BCUT2D eigenvalue weighted by Crippen LogP contribution is -2.33. The van der Waals surface area contributed by atoms with Crippen molar-refractivity contribution in [1.82, 2.24) is 25.5 Å². The van der Waals surface area contributed by atoms with Crippen molar-refractivity contribution in [2.45, 2.75) is 44.1 Å². The minimum atomic E-state index is -3.59. The monoisotopic (exact) mass is 435 g/mol. The molecule has 1 fully saturated rings. The molecule has 1 atom stereocenters. The lowest BCUT2D eigenvalue weighted by Gasteiger charge is -2.21. The Morgan fingerprint density at radius 3 is 2.73 bits per heavy atom. The number of aromatic amines is 1. The van der Waals surface area contributed by atoms with E-state index in [2.05, 4.69) is 20.6 Å². The summed E-state index contributed by atoms with van der Waals surface area (Å²) in [6.45, 7) is 0.534. The van der Waals surface area contributed by atoms with Crippen LogP contribution in [0, 0.1) is 0 Å². The van der Waals surface area contributed by atoms with Gasteiger partial charge in [-0.3, -0.25) is 9.59 Å². The second-order valence-corrected chi connectivity index (χ2v) is 7.96. The molecule has 0 aliphatic carbocycles. The molecule has 0 saturated carbocycles. The van der Waals surface area contributed by atoms with Crippen molar-refractivity contribution in [2.75, 3.05) is 12.3 Å². The predicted octanol–water partition coefficient (Wildman–Crippen LogP) is 3.76. The van der Waals surface area contributed by atoms with Gasteiger partial charge in [-0.15, -0.1) is 10.2 Å². The second kappa shape index (κ2) is 10.4. The molecule has 1 amide bonds. The summed E-state index contributed by atoms with van der Waals surface area (Å²) in [5.41, 5.74) is -0.339. The van der Waals surface area contributed by atoms with Crippen LogP contribution in [-0.2, 0) is 17.1 Å². The second-order valence-electron chi connectivity index (χ2n) is 6.99. The lowest BCUT2D eigenvalue weighted by molar-refractivity contribution is -0.138. The van der Waals surface area contributed by atoms with Crippen LogP contribution in [0.5, 0.6) is 0 Å². The molecule has 0 radical (unpaired) electrons. The van der Waals surface area contributed by atoms with Crippen LogP contribution in [0.25, 0.3) is 0 Å². The summed E-state index contributed by atoms with van der Waals surface area (Å²) in [5, 5.41) is 13.6. The van der Waals surface area contributed by atoms with E-state index in [-0.39, 0.29) is 16.8 Å². The van der Waals surface area contributed by atoms with Gasteiger partial charge in [0.1, 0.15) is 0 Å². The molecule has 0 spiro atoms. The summed E-state index contributed by atoms with van der Waals surface area (Å²) >= 11 is 1.15. The maximum absolute atomic E-state index is 14.3. The fourth-order valence-electron chi connectivity index (χ4n) is 3.18. The summed E-state index contributed by atoms with van der Waals surface area (Å²) in [4.78, 5) is 25.8. The number of tetrazole rings is 1. The van der Waals surface area contributed by atoms with E-state index in [0.717, 1.165) is 49.9 Å². The summed E-state index contributed by atoms with van der Waals surface area (Å²) in [7, 11) is 0. The van der Waals surface area contributed by atoms with E-state index in [1.165, 1.54) is 30.3 Å². The Bertz CT molecular complexity index is 861. The van der Waals surface area contributed by atoms with Crippen molar-refractivity contribution in [3.8, 4) is 0 Å². The number of benzene rings is 1. The van der Waals surface area contributed by atoms with E-state index < -0.39 is 11.7 Å². The molecular weight excluding hydrogens is 412 g/mol. The number of ketones is 1. The molecule has 7 nitrogen and oxygen atoms in total. The van der Waals surface area contributed by atoms with E-state index in [0.29, 0.717) is 18.1 Å². The summed E-state index contributed by atoms with van der Waals surface area (Å²) in [5.74, 6) is -3.73. The number of thioether (sulfide) groups is 1. The van der Waals surface area contributed by atoms with Crippen molar-refractivity contribution in [1.29, 1.82) is 0 Å². The van der Waals surface area contributed by atoms with Crippen LogP contribution < -0.4 is 0 Å². The SMILES string of the molecule is O=C1SCC(/C=C/C(=O)C(F)(F)c2ccccc2)N1CCCCCCc1nn[nH]n1. The number of carbonyl (C=O) groups excluding carboxylic acids is 2. The zero-order valence-electron chi connectivity index (χ0n) is 16.3. The molecule has 2 heterocycles. The molecule has 0 bridgehead atoms. The van der Waals surface area contributed by atoms with Gasteiger partial charge in [0.25, 0.3) is 5.24 Å². The molecule has 3 rings (SSSR count). The molecule has 1 aromatic carbocycles. The highest BCUT2D eigenvalue weighted by Gasteiger charge is 2.39. The molecule has 160 valence electrons. The smallest absolute Gasteiger partial charge is 0.326 e. The van der Waals surface area contributed by atoms with Gasteiger partial charge in [-0.05, 0) is 18.9 Å². The Labute approximate surface area is 177 Å². The highest BCUT2D eigenvalue weighted by Crippen LogP contribution is 2.30. The number of H-pyrrole nitrogens is 1. The molecule has 1 saturated heterocycles. The molecule has 10 heteroatoms. The molecule has 1 N–H and O–H groups in total. The van der Waals surface area contributed by atoms with E-state index in [4.69, 9.17) is 0 Å². The number of amides is 1. The number of nitrogens with one attached hydrogen (secondary N) is 1. The topological polar surface area (TPSA) is 91.8 Å². The third-order valence-electron chi connectivity index (χ3n) is 4.87. The van der Waals surface area contributed by atoms with Gasteiger partial charge in [0.05, 0.1) is 6.04 Å². The summed E-state index contributed by atoms with van der Waals surface area (Å²) in [6.07, 6.45) is 6.70. The number of rotatable bonds is 11. The Kier molecular flexibility index (Phi) is 7.67. The number of aryl methyl sites for hydroxylation is 1. The van der Waals surface area contributed by atoms with Crippen molar-refractivity contribution in [3.63, 3.8) is 0 Å². The first-order valence-corrected chi connectivity index (χ1v) is 10.8. The zero-order valence-corrected chi connectivity index (χ0v) is 17.2. The molecule has 2 aromatic rings. The third-order valence-corrected chi connectivity index (χ3v) is 5.86. The number of allylic oxidation sites excluding steroid dienone is 1. The van der Waals surface area contributed by atoms with E-state index >= 15 is 0 Å². The van der Waals surface area contributed by atoms with Gasteiger partial charge in [0, 0.05) is 24.3 Å². The standard InChI is InChI=1S/C20H23F2N5O2S/c21-20(22,15-8-4-3-5-9-15)17(28)12-11-16-14-30-19(29)27(16)13-7-2-1-6-10-18-23-25-26-24-18/h3-5,8-9,11-12,16H,1-2,6-7,10,13-14H2,(H,23,24,25,26)/b12-11+. The number of hydrogen-bond donors (Lipinski definition) is 1. The van der Waals surface area contributed by atoms with E-state index in [1.54, 1.807) is 11.0 Å². The van der Waals surface area contributed by atoms with Crippen LogP contribution in [0.1, 0.15) is 37.1 Å². The molecule has 1 unspecified atom stereocenters. The fraction of sp³-hybridized carbons (Fsp3) is 0.450. The van der Waals surface area contributed by atoms with Crippen LogP contribution in [0.4, 0.5) is 13.6 Å². The quantitative estimate of drug-likeness (QED) is 0.427. The van der Waals surface area contributed by atoms with Gasteiger partial charge in [-0.25, -0.2) is 0 Å². The minimum Gasteiger partial charge on any atom is -0.326 e. The maximum Gasteiger partial charge on any atom is 0.334 e. The van der Waals surface area contributed by atoms with Crippen molar-refractivity contribution >= 4 is 22.8 Å². The van der Waals surface area contributed by atoms with Crippen LogP contribution in [0.15, 0.2) is 42.5 Å². The van der Waals surface area contributed by atoms with Gasteiger partial charge in [0.15, 0.2) is 5.82 Å². The number of nitrogens with zero attached hydrogens (tertiary/aromatic N) is 4. The third kappa shape index (κ3) is 5.71. The van der Waals surface area contributed by atoms with Crippen molar-refractivity contribution in [2.24, 2.45) is 0 Å². The summed E-state index contributed by atoms with van der Waals surface area (Å²) < 4.78 is 28.6. The number of aromatic nitrogens is 4. The number of alkyl halides is 2. The minimum absolute atomic E-state index is 0.0845. The normalized spacial score (nSPS) is 17.2. The first kappa shape index (κ1) is 22.1. The van der Waals surface area contributed by atoms with Crippen LogP contribution in [-0.4, -0.2) is 54.9 Å². The number of carbonyl (C=O) groups is 2. The average Bonchev–Trinajstić information content (AvgIpc) is 3.39. The Morgan fingerprint density at radius 2 is 2.00 bits per heavy atom. The van der Waals surface area contributed by atoms with E-state index in [9.17, 15) is 18.4 Å². The van der Waals surface area contributed by atoms with Gasteiger partial charge >= 0.3 is 5.92 Å². The average molecular weight is 436 g/mol. The number of hydrogen-bond acceptors (Lipinski definition) is 6. The Hall–Kier alpha value is -2.62. The highest BCUT2D eigenvalue weighted by molar-refractivity contribution is 8.13. The number of halogens is 2. The van der Waals surface area contributed by atoms with Crippen molar-refractivity contribution < 1.29 is 18.4 Å². The molecule has 1 aromatic heterocycles. The van der Waals surface area contributed by atoms with Gasteiger partial charge in [0.2, 0.25) is 5.78 Å². The van der Waals surface area contributed by atoms with Crippen molar-refractivity contribution in [3.05, 3.63) is 53.9 Å². The first-order valence-electron chi connectivity index (χ1n) is 9.80. The van der Waals surface area contributed by atoms with Gasteiger partial charge in [-0.2, -0.15) is 14.0 Å². The molecule has 30 heavy (non-hydrogen) atoms. The lowest BCUT2D eigenvalue weighted by atomic mass is 10.0. The molecule has 1 aliphatic rings. The van der Waals surface area contributed by atoms with Gasteiger partial charge in [-0.1, -0.05) is 66.2 Å². The Morgan fingerprint density at radius 1 is 1.23 bits per heavy atom. The van der Waals surface area contributed by atoms with Crippen LogP contribution in [0.2, 0.25) is 0 Å². The number of unbranched alkanes of at least 4 members (excludes halogenated alkanes) is 3. The highest BCUT2D eigenvalue weighted by atomic mass is 32.2. The fourth-order valence-corrected chi connectivity index (χ4v) is 4.18. The first-order chi connectivity index (χ1) is 14.5. The van der Waals surface area contributed by atoms with Crippen LogP contribution in [0.3, 0.4) is 0 Å². The molecular formula is C20H23F2N5O2S.